The lowest BCUT2D eigenvalue weighted by atomic mass is 10.0. The minimum absolute atomic E-state index is 0.134. The van der Waals surface area contributed by atoms with Gasteiger partial charge in [-0.3, -0.25) is 10.1 Å². The highest BCUT2D eigenvalue weighted by atomic mass is 79.9. The highest BCUT2D eigenvalue weighted by molar-refractivity contribution is 9.11. The van der Waals surface area contributed by atoms with Gasteiger partial charge in [0.25, 0.3) is 0 Å². The summed E-state index contributed by atoms with van der Waals surface area (Å²) in [4.78, 5) is 25.9. The number of ether oxygens (including phenoxy) is 2. The zero-order chi connectivity index (χ0) is 28.6. The molecule has 0 saturated heterocycles. The second-order valence-corrected chi connectivity index (χ2v) is 10.4. The lowest BCUT2D eigenvalue weighted by Crippen LogP contribution is -2.28. The predicted molar refractivity (Wildman–Crippen MR) is 164 cm³/mol. The van der Waals surface area contributed by atoms with E-state index >= 15 is 0 Å². The third-order valence-corrected chi connectivity index (χ3v) is 7.00. The number of nitrogens with one attached hydrogen (secondary N) is 2. The number of anilines is 3. The van der Waals surface area contributed by atoms with Crippen molar-refractivity contribution in [1.29, 1.82) is 0 Å². The minimum atomic E-state index is -1.13. The quantitative estimate of drug-likeness (QED) is 0.108. The summed E-state index contributed by atoms with van der Waals surface area (Å²) in [5.41, 5.74) is 7.64. The standard InChI is InChI=1S/C30H27Br2N3O5/c1-2-39-26(14-15-27(36)34-25-12-6-5-11-23(25)33)29(21-16-19(31)17-22(32)28(21)37)40-30(38)35-24-13-7-9-18-8-3-4-10-20(18)24/h3-17,26,29,37H,2,33H2,1H3,(H,34,36)(H,35,38)/b15-14+/t26-,29-/m1/s1. The predicted octanol–water partition coefficient (Wildman–Crippen LogP) is 7.54. The highest BCUT2D eigenvalue weighted by Crippen LogP contribution is 2.39. The molecule has 4 aromatic carbocycles. The molecule has 0 saturated carbocycles. The molecule has 0 bridgehead atoms. The normalized spacial score (nSPS) is 12.7. The summed E-state index contributed by atoms with van der Waals surface area (Å²) in [6.07, 6.45) is -0.0852. The van der Waals surface area contributed by atoms with E-state index in [9.17, 15) is 14.7 Å². The number of para-hydroxylation sites is 2. The van der Waals surface area contributed by atoms with Gasteiger partial charge in [0.15, 0.2) is 6.10 Å². The molecule has 10 heteroatoms. The molecule has 4 rings (SSSR count). The second-order valence-electron chi connectivity index (χ2n) is 8.66. The van der Waals surface area contributed by atoms with E-state index < -0.39 is 24.2 Å². The molecule has 0 fully saturated rings. The van der Waals surface area contributed by atoms with Crippen LogP contribution in [-0.2, 0) is 14.3 Å². The lowest BCUT2D eigenvalue weighted by Gasteiger charge is -2.26. The number of rotatable bonds is 9. The van der Waals surface area contributed by atoms with Crippen LogP contribution in [-0.4, -0.2) is 29.8 Å². The second kappa shape index (κ2) is 13.5. The van der Waals surface area contributed by atoms with E-state index in [4.69, 9.17) is 15.2 Å². The summed E-state index contributed by atoms with van der Waals surface area (Å²) >= 11 is 6.76. The van der Waals surface area contributed by atoms with Crippen molar-refractivity contribution in [2.24, 2.45) is 0 Å². The topological polar surface area (TPSA) is 123 Å². The van der Waals surface area contributed by atoms with Crippen molar-refractivity contribution < 1.29 is 24.2 Å². The molecule has 0 aliphatic rings. The van der Waals surface area contributed by atoms with Crippen molar-refractivity contribution in [3.8, 4) is 5.75 Å². The molecular weight excluding hydrogens is 642 g/mol. The minimum Gasteiger partial charge on any atom is -0.506 e. The van der Waals surface area contributed by atoms with Gasteiger partial charge in [0.1, 0.15) is 11.9 Å². The molecule has 0 aliphatic carbocycles. The van der Waals surface area contributed by atoms with Crippen molar-refractivity contribution in [2.75, 3.05) is 23.0 Å². The fourth-order valence-electron chi connectivity index (χ4n) is 4.10. The average molecular weight is 669 g/mol. The maximum atomic E-state index is 13.2. The van der Waals surface area contributed by atoms with Crippen molar-refractivity contribution in [1.82, 2.24) is 0 Å². The van der Waals surface area contributed by atoms with E-state index in [1.54, 1.807) is 49.4 Å². The number of fused-ring (bicyclic) bond motifs is 1. The molecule has 0 heterocycles. The van der Waals surface area contributed by atoms with Gasteiger partial charge in [-0.25, -0.2) is 4.79 Å². The fraction of sp³-hybridized carbons (Fsp3) is 0.133. The Kier molecular flexibility index (Phi) is 9.81. The van der Waals surface area contributed by atoms with Gasteiger partial charge in [-0.2, -0.15) is 0 Å². The maximum absolute atomic E-state index is 13.2. The summed E-state index contributed by atoms with van der Waals surface area (Å²) in [5, 5.41) is 18.2. The first-order valence-corrected chi connectivity index (χ1v) is 13.9. The fourth-order valence-corrected chi connectivity index (χ4v) is 5.36. The number of amides is 2. The highest BCUT2D eigenvalue weighted by Gasteiger charge is 2.30. The van der Waals surface area contributed by atoms with E-state index in [0.29, 0.717) is 26.0 Å². The number of phenolic OH excluding ortho intramolecular Hbond substituents is 1. The molecule has 4 aromatic rings. The molecule has 0 unspecified atom stereocenters. The summed E-state index contributed by atoms with van der Waals surface area (Å²) in [7, 11) is 0. The number of phenols is 1. The summed E-state index contributed by atoms with van der Waals surface area (Å²) in [6, 6.07) is 23.3. The average Bonchev–Trinajstić information content (AvgIpc) is 2.93. The molecule has 0 aromatic heterocycles. The Hall–Kier alpha value is -3.86. The monoisotopic (exact) mass is 667 g/mol. The number of carbonyl (C=O) groups excluding carboxylic acids is 2. The Bertz CT molecular complexity index is 1550. The zero-order valence-corrected chi connectivity index (χ0v) is 24.6. The number of nitrogen functional groups attached to an aromatic ring is 1. The SMILES string of the molecule is CCO[C@H](/C=C/C(=O)Nc1ccccc1N)[C@H](OC(=O)Nc1cccc2ccccc12)c1cc(Br)cc(Br)c1O. The van der Waals surface area contributed by atoms with E-state index in [2.05, 4.69) is 42.5 Å². The number of aromatic hydroxyl groups is 1. The van der Waals surface area contributed by atoms with Gasteiger partial charge in [-0.15, -0.1) is 0 Å². The van der Waals surface area contributed by atoms with E-state index in [0.717, 1.165) is 10.8 Å². The van der Waals surface area contributed by atoms with Gasteiger partial charge in [-0.05, 0) is 64.6 Å². The van der Waals surface area contributed by atoms with Crippen LogP contribution in [0.2, 0.25) is 0 Å². The Morgan fingerprint density at radius 2 is 1.68 bits per heavy atom. The van der Waals surface area contributed by atoms with E-state index in [1.807, 2.05) is 36.4 Å². The Morgan fingerprint density at radius 3 is 2.45 bits per heavy atom. The van der Waals surface area contributed by atoms with Gasteiger partial charge < -0.3 is 25.6 Å². The molecule has 2 atom stereocenters. The van der Waals surface area contributed by atoms with Crippen molar-refractivity contribution >= 4 is 71.7 Å². The smallest absolute Gasteiger partial charge is 0.412 e. The third kappa shape index (κ3) is 7.20. The van der Waals surface area contributed by atoms with Gasteiger partial charge in [0, 0.05) is 28.1 Å². The first-order valence-electron chi connectivity index (χ1n) is 12.4. The Labute approximate surface area is 248 Å². The molecule has 206 valence electrons. The van der Waals surface area contributed by atoms with Crippen LogP contribution in [0.15, 0.2) is 100.0 Å². The number of hydrogen-bond donors (Lipinski definition) is 4. The number of hydrogen-bond acceptors (Lipinski definition) is 6. The van der Waals surface area contributed by atoms with Gasteiger partial charge in [0.2, 0.25) is 5.91 Å². The summed E-state index contributed by atoms with van der Waals surface area (Å²) in [6.45, 7) is 2.01. The maximum Gasteiger partial charge on any atom is 0.412 e. The lowest BCUT2D eigenvalue weighted by molar-refractivity contribution is -0.112. The van der Waals surface area contributed by atoms with Crippen molar-refractivity contribution in [3.63, 3.8) is 0 Å². The zero-order valence-electron chi connectivity index (χ0n) is 21.4. The molecule has 2 amide bonds. The summed E-state index contributed by atoms with van der Waals surface area (Å²) in [5.74, 6) is -0.591. The van der Waals surface area contributed by atoms with Crippen LogP contribution in [0.25, 0.3) is 10.8 Å². The van der Waals surface area contributed by atoms with E-state index in [1.165, 1.54) is 12.2 Å². The van der Waals surface area contributed by atoms with Gasteiger partial charge in [-0.1, -0.05) is 64.5 Å². The number of nitrogens with two attached hydrogens (primary N) is 1. The molecule has 5 N–H and O–H groups in total. The molecule has 0 spiro atoms. The van der Waals surface area contributed by atoms with Crippen LogP contribution in [0.1, 0.15) is 18.6 Å². The van der Waals surface area contributed by atoms with Gasteiger partial charge in [0.05, 0.1) is 21.5 Å². The molecule has 8 nitrogen and oxygen atoms in total. The molecular formula is C30H27Br2N3O5. The van der Waals surface area contributed by atoms with Crippen LogP contribution < -0.4 is 16.4 Å². The number of benzene rings is 4. The van der Waals surface area contributed by atoms with Crippen LogP contribution in [0.5, 0.6) is 5.75 Å². The van der Waals surface area contributed by atoms with Gasteiger partial charge >= 0.3 is 6.09 Å². The number of halogens is 2. The first kappa shape index (κ1) is 29.1. The van der Waals surface area contributed by atoms with E-state index in [-0.39, 0.29) is 17.9 Å². The Balaban J connectivity index is 1.64. The molecule has 40 heavy (non-hydrogen) atoms. The van der Waals surface area contributed by atoms with Crippen LogP contribution >= 0.6 is 31.9 Å². The van der Waals surface area contributed by atoms with Crippen molar-refractivity contribution in [3.05, 3.63) is 106 Å². The molecule has 0 aliphatic heterocycles. The Morgan fingerprint density at radius 1 is 0.975 bits per heavy atom. The largest absolute Gasteiger partial charge is 0.506 e. The molecule has 0 radical (unpaired) electrons. The van der Waals surface area contributed by atoms with Crippen LogP contribution in [0.3, 0.4) is 0 Å². The third-order valence-electron chi connectivity index (χ3n) is 5.94. The summed E-state index contributed by atoms with van der Waals surface area (Å²) < 4.78 is 12.8. The van der Waals surface area contributed by atoms with Crippen LogP contribution in [0, 0.1) is 0 Å². The van der Waals surface area contributed by atoms with Crippen molar-refractivity contribution in [2.45, 2.75) is 19.1 Å². The van der Waals surface area contributed by atoms with Crippen LogP contribution in [0.4, 0.5) is 21.9 Å². The number of carbonyl (C=O) groups is 2. The first-order chi connectivity index (χ1) is 19.3.